The lowest BCUT2D eigenvalue weighted by Crippen LogP contribution is -2.72. The molecular weight excluding hydrogens is 336 g/mol. The van der Waals surface area contributed by atoms with Gasteiger partial charge in [-0.2, -0.15) is 5.43 Å². The van der Waals surface area contributed by atoms with Crippen LogP contribution < -0.4 is 21.4 Å². The zero-order valence-electron chi connectivity index (χ0n) is 14.5. The Labute approximate surface area is 151 Å². The van der Waals surface area contributed by atoms with Crippen LogP contribution in [0.15, 0.2) is 35.4 Å². The quantitative estimate of drug-likeness (QED) is 0.137. The number of carbonyl (C=O) groups excluding carboxylic acids is 3. The van der Waals surface area contributed by atoms with Gasteiger partial charge >= 0.3 is 6.03 Å². The number of unbranched alkanes of at least 4 members (excludes halogenated alkanes) is 1. The maximum atomic E-state index is 12.3. The number of rotatable bonds is 9. The number of amides is 4. The van der Waals surface area contributed by atoms with Gasteiger partial charge in [0.05, 0.1) is 12.8 Å². The van der Waals surface area contributed by atoms with Gasteiger partial charge in [-0.05, 0) is 6.42 Å². The topological polar surface area (TPSA) is 140 Å². The molecule has 9 nitrogen and oxygen atoms in total. The van der Waals surface area contributed by atoms with E-state index >= 15 is 0 Å². The molecule has 6 N–H and O–H groups in total. The van der Waals surface area contributed by atoms with E-state index in [0.717, 1.165) is 24.7 Å². The third-order valence-corrected chi connectivity index (χ3v) is 4.04. The van der Waals surface area contributed by atoms with Crippen molar-refractivity contribution in [1.82, 2.24) is 16.0 Å². The molecule has 0 aromatic heterocycles. The molecule has 1 unspecified atom stereocenters. The summed E-state index contributed by atoms with van der Waals surface area (Å²) in [6, 6.07) is 8.61. The molecular formula is C17H23N6O3+. The molecule has 9 heteroatoms. The van der Waals surface area contributed by atoms with Crippen molar-refractivity contribution in [2.75, 3.05) is 6.54 Å². The summed E-state index contributed by atoms with van der Waals surface area (Å²) >= 11 is 0. The second-order valence-corrected chi connectivity index (χ2v) is 5.98. The van der Waals surface area contributed by atoms with Crippen molar-refractivity contribution in [2.45, 2.75) is 31.7 Å². The molecule has 0 aliphatic carbocycles. The molecule has 1 fully saturated rings. The van der Waals surface area contributed by atoms with Gasteiger partial charge in [-0.3, -0.25) is 14.9 Å². The third-order valence-electron chi connectivity index (χ3n) is 4.04. The van der Waals surface area contributed by atoms with Crippen molar-refractivity contribution in [2.24, 2.45) is 5.10 Å². The summed E-state index contributed by atoms with van der Waals surface area (Å²) in [5.41, 5.74) is 1.02. The normalized spacial score (nSPS) is 19.7. The summed E-state index contributed by atoms with van der Waals surface area (Å²) in [6.07, 6.45) is 2.82. The molecule has 4 amide bonds. The fourth-order valence-electron chi connectivity index (χ4n) is 2.56. The molecule has 26 heavy (non-hydrogen) atoms. The van der Waals surface area contributed by atoms with Gasteiger partial charge in [-0.1, -0.05) is 43.1 Å². The zero-order chi connectivity index (χ0) is 19.0. The fourth-order valence-corrected chi connectivity index (χ4v) is 2.56. The first kappa shape index (κ1) is 19.3. The van der Waals surface area contributed by atoms with Gasteiger partial charge in [0.15, 0.2) is 5.69 Å². The van der Waals surface area contributed by atoms with Crippen LogP contribution in [-0.2, 0) is 9.59 Å². The molecule has 0 spiro atoms. The van der Waals surface area contributed by atoms with E-state index in [-0.39, 0.29) is 12.3 Å². The molecule has 0 radical (unpaired) electrons. The van der Waals surface area contributed by atoms with Crippen LogP contribution in [0.25, 0.3) is 0 Å². The Morgan fingerprint density at radius 2 is 2.08 bits per heavy atom. The molecule has 1 saturated heterocycles. The number of urea groups is 1. The molecule has 1 aromatic carbocycles. The summed E-state index contributed by atoms with van der Waals surface area (Å²) < 4.78 is 0. The second kappa shape index (κ2) is 8.86. The van der Waals surface area contributed by atoms with E-state index in [1.165, 1.54) is 5.43 Å². The van der Waals surface area contributed by atoms with Crippen molar-refractivity contribution >= 4 is 35.5 Å². The van der Waals surface area contributed by atoms with Crippen LogP contribution in [0.1, 0.15) is 26.2 Å². The van der Waals surface area contributed by atoms with E-state index in [1.54, 1.807) is 0 Å². The minimum atomic E-state index is -1.17. The SMILES string of the molecule is CCCCC1(CNC(=O)/C(C=N)=N/[NH2+]c2ccccc2)NC(=O)NC1=O. The first-order valence-corrected chi connectivity index (χ1v) is 8.39. The highest BCUT2D eigenvalue weighted by Gasteiger charge is 2.45. The highest BCUT2D eigenvalue weighted by Crippen LogP contribution is 2.18. The van der Waals surface area contributed by atoms with Gasteiger partial charge in [0.2, 0.25) is 5.71 Å². The Bertz CT molecular complexity index is 718. The van der Waals surface area contributed by atoms with Crippen LogP contribution in [0.2, 0.25) is 0 Å². The number of nitrogens with one attached hydrogen (secondary N) is 4. The number of hydrogen-bond acceptors (Lipinski definition) is 5. The summed E-state index contributed by atoms with van der Waals surface area (Å²) in [7, 11) is 0. The zero-order valence-corrected chi connectivity index (χ0v) is 14.5. The van der Waals surface area contributed by atoms with Crippen molar-refractivity contribution in [3.05, 3.63) is 30.3 Å². The lowest BCUT2D eigenvalue weighted by atomic mass is 9.92. The summed E-state index contributed by atoms with van der Waals surface area (Å²) in [5, 5.41) is 18.8. The third kappa shape index (κ3) is 4.73. The second-order valence-electron chi connectivity index (χ2n) is 5.98. The Balaban J connectivity index is 2.02. The average Bonchev–Trinajstić information content (AvgIpc) is 2.93. The molecule has 1 atom stereocenters. The highest BCUT2D eigenvalue weighted by molar-refractivity contribution is 6.60. The van der Waals surface area contributed by atoms with Gasteiger partial charge in [0.25, 0.3) is 11.8 Å². The van der Waals surface area contributed by atoms with Crippen LogP contribution in [-0.4, -0.2) is 41.9 Å². The molecule has 1 aliphatic heterocycles. The van der Waals surface area contributed by atoms with Gasteiger partial charge < -0.3 is 16.0 Å². The number of nitrogens with zero attached hydrogens (tertiary/aromatic N) is 1. The van der Waals surface area contributed by atoms with Gasteiger partial charge in [-0.25, -0.2) is 4.79 Å². The van der Waals surface area contributed by atoms with Crippen LogP contribution in [0.3, 0.4) is 0 Å². The Morgan fingerprint density at radius 3 is 2.65 bits per heavy atom. The Kier molecular flexibility index (Phi) is 6.56. The van der Waals surface area contributed by atoms with E-state index < -0.39 is 23.4 Å². The number of carbonyl (C=O) groups is 3. The number of imide groups is 1. The average molecular weight is 359 g/mol. The smallest absolute Gasteiger partial charge is 0.322 e. The molecule has 2 rings (SSSR count). The van der Waals surface area contributed by atoms with Gasteiger partial charge in [0, 0.05) is 12.1 Å². The van der Waals surface area contributed by atoms with Crippen molar-refractivity contribution in [1.29, 1.82) is 5.41 Å². The van der Waals surface area contributed by atoms with Crippen molar-refractivity contribution in [3.63, 3.8) is 0 Å². The number of hydrogen-bond donors (Lipinski definition) is 5. The minimum Gasteiger partial charge on any atom is -0.348 e. The maximum absolute atomic E-state index is 12.3. The van der Waals surface area contributed by atoms with Crippen LogP contribution in [0.5, 0.6) is 0 Å². The summed E-state index contributed by atoms with van der Waals surface area (Å²) in [5.74, 6) is -1.04. The predicted octanol–water partition coefficient (Wildman–Crippen LogP) is -0.228. The molecule has 1 aliphatic rings. The Morgan fingerprint density at radius 1 is 1.35 bits per heavy atom. The molecule has 138 valence electrons. The van der Waals surface area contributed by atoms with E-state index in [0.29, 0.717) is 6.42 Å². The van der Waals surface area contributed by atoms with E-state index in [1.807, 2.05) is 37.3 Å². The first-order chi connectivity index (χ1) is 12.5. The van der Waals surface area contributed by atoms with Gasteiger partial charge in [0.1, 0.15) is 5.54 Å². The maximum Gasteiger partial charge on any atom is 0.322 e. The van der Waals surface area contributed by atoms with E-state index in [2.05, 4.69) is 21.1 Å². The van der Waals surface area contributed by atoms with Crippen molar-refractivity contribution in [3.8, 4) is 0 Å². The van der Waals surface area contributed by atoms with E-state index in [4.69, 9.17) is 5.41 Å². The number of quaternary nitrogens is 1. The number of benzene rings is 1. The standard InChI is InChI=1S/C17H22N6O3/c1-2-3-9-17(15(25)20-16(26)21-17)11-19-14(24)13(10-18)23-22-12-7-5-4-6-8-12/h4-8,10,18,22H,2-3,9,11H2,1H3,(H,19,24)(H2,20,21,25,26)/p+1/b18-10?,23-13+. The number of nitrogens with two attached hydrogens (primary N) is 1. The molecule has 1 aromatic rings. The van der Waals surface area contributed by atoms with Crippen LogP contribution >= 0.6 is 0 Å². The summed E-state index contributed by atoms with van der Waals surface area (Å²) in [4.78, 5) is 36.0. The van der Waals surface area contributed by atoms with Crippen molar-refractivity contribution < 1.29 is 19.8 Å². The summed E-state index contributed by atoms with van der Waals surface area (Å²) in [6.45, 7) is 1.90. The van der Waals surface area contributed by atoms with Crippen LogP contribution in [0, 0.1) is 5.41 Å². The lowest BCUT2D eigenvalue weighted by molar-refractivity contribution is -0.577. The van der Waals surface area contributed by atoms with Gasteiger partial charge in [-0.15, -0.1) is 0 Å². The molecule has 1 heterocycles. The first-order valence-electron chi connectivity index (χ1n) is 8.39. The molecule has 0 bridgehead atoms. The monoisotopic (exact) mass is 359 g/mol. The predicted molar refractivity (Wildman–Crippen MR) is 96.2 cm³/mol. The minimum absolute atomic E-state index is 0.0679. The highest BCUT2D eigenvalue weighted by atomic mass is 16.2. The lowest BCUT2D eigenvalue weighted by Gasteiger charge is -2.26. The Hall–Kier alpha value is -3.07. The fraction of sp³-hybridized carbons (Fsp3) is 0.353. The largest absolute Gasteiger partial charge is 0.348 e. The van der Waals surface area contributed by atoms with E-state index in [9.17, 15) is 14.4 Å². The van der Waals surface area contributed by atoms with Crippen LogP contribution in [0.4, 0.5) is 10.5 Å². The molecule has 0 saturated carbocycles.